The predicted octanol–water partition coefficient (Wildman–Crippen LogP) is 7.54. The molecule has 0 spiro atoms. The van der Waals surface area contributed by atoms with Crippen LogP contribution in [0.4, 0.5) is 10.2 Å². The second-order valence-electron chi connectivity index (χ2n) is 14.7. The fourth-order valence-electron chi connectivity index (χ4n) is 7.10. The first-order valence-electron chi connectivity index (χ1n) is 20.0. The number of anilines is 1. The van der Waals surface area contributed by atoms with E-state index >= 15 is 0 Å². The first kappa shape index (κ1) is 45.4. The summed E-state index contributed by atoms with van der Waals surface area (Å²) in [6, 6.07) is 9.11. The molecule has 1 saturated heterocycles. The molecule has 56 heavy (non-hydrogen) atoms. The smallest absolute Gasteiger partial charge is 0.387 e. The Morgan fingerprint density at radius 3 is 2.30 bits per heavy atom. The molecule has 2 aromatic heterocycles. The number of nitriles is 1. The number of halogens is 1. The third-order valence-electron chi connectivity index (χ3n) is 10.2. The molecular weight excluding hydrogens is 742 g/mol. The second-order valence-corrected chi connectivity index (χ2v) is 16.1. The van der Waals surface area contributed by atoms with E-state index in [1.807, 2.05) is 6.07 Å². The van der Waals surface area contributed by atoms with E-state index < -0.39 is 50.3 Å². The van der Waals surface area contributed by atoms with Crippen molar-refractivity contribution in [2.45, 2.75) is 146 Å². The number of nitrogens with two attached hydrogens (primary N) is 1. The number of phosphoric acid groups is 1. The number of nitrogen functional groups attached to an aromatic ring is 1. The minimum Gasteiger partial charge on any atom is -0.387 e. The molecule has 0 aliphatic carbocycles. The standard InChI is InChI=1S/C40H60FN6O8P/c1-3-4-5-6-7-8-9-10-11-12-13-14-15-16-17-18-33(52-25-31-21-30(24-42)22-32(41)23-31)26-53-56(50,51)54-28-40(27-44-2)38(49)36(48)37(55-40)34-19-20-35-39(43)45-29-46-47(34)35/h19-23,27,29,33,36-38,48-49H,3-18,25-26,28H2,1-2H3,(H,50,51)(H2,43,45,46)/b44-27-/t33-,36-,37-,38-,40+/m0/s1. The number of phosphoric ester groups is 1. The number of unbranched alkanes of at least 4 members (excludes halogenated alkanes) is 14. The zero-order valence-corrected chi connectivity index (χ0v) is 33.7. The van der Waals surface area contributed by atoms with E-state index in [2.05, 4.69) is 22.0 Å². The fourth-order valence-corrected chi connectivity index (χ4v) is 7.90. The molecule has 1 unspecified atom stereocenters. The van der Waals surface area contributed by atoms with Gasteiger partial charge in [0.05, 0.1) is 43.3 Å². The number of aliphatic imine (C=N–C) groups is 1. The van der Waals surface area contributed by atoms with E-state index in [1.165, 1.54) is 107 Å². The van der Waals surface area contributed by atoms with E-state index in [0.29, 0.717) is 23.2 Å². The van der Waals surface area contributed by atoms with Crippen molar-refractivity contribution in [2.24, 2.45) is 4.99 Å². The minimum absolute atomic E-state index is 0.0455. The molecule has 5 N–H and O–H groups in total. The number of aliphatic hydroxyl groups is 2. The zero-order valence-electron chi connectivity index (χ0n) is 32.8. The molecule has 0 saturated carbocycles. The topological polar surface area (TPSA) is 207 Å². The zero-order chi connectivity index (χ0) is 40.4. The third-order valence-corrected chi connectivity index (χ3v) is 11.1. The SMILES string of the molecule is CCCCCCCCCCCCCCCCC[C@@H](COP(=O)(O)OC[C@@]1(/C=N\C)O[C@@H](c2ccc3c(N)ncnn23)[C@H](O)[C@@H]1O)OCc1cc(F)cc(C#N)c1. The van der Waals surface area contributed by atoms with Crippen LogP contribution < -0.4 is 5.73 Å². The molecule has 310 valence electrons. The predicted molar refractivity (Wildman–Crippen MR) is 211 cm³/mol. The Morgan fingerprint density at radius 2 is 1.68 bits per heavy atom. The summed E-state index contributed by atoms with van der Waals surface area (Å²) >= 11 is 0. The lowest BCUT2D eigenvalue weighted by Crippen LogP contribution is -2.48. The Balaban J connectivity index is 1.28. The average Bonchev–Trinajstić information content (AvgIpc) is 3.72. The summed E-state index contributed by atoms with van der Waals surface area (Å²) in [5.41, 5.74) is 5.54. The van der Waals surface area contributed by atoms with Gasteiger partial charge in [-0.2, -0.15) is 10.4 Å². The lowest BCUT2D eigenvalue weighted by atomic mass is 9.96. The normalized spacial score (nSPS) is 21.5. The summed E-state index contributed by atoms with van der Waals surface area (Å²) in [5.74, 6) is -0.367. The first-order chi connectivity index (χ1) is 27.0. The van der Waals surface area contributed by atoms with Crippen LogP contribution in [0.1, 0.15) is 133 Å². The number of fused-ring (bicyclic) bond motifs is 1. The third kappa shape index (κ3) is 13.7. The molecule has 0 radical (unpaired) electrons. The molecule has 0 amide bonds. The Bertz CT molecular complexity index is 1760. The highest BCUT2D eigenvalue weighted by atomic mass is 31.2. The maximum atomic E-state index is 14.1. The number of hydrogen-bond acceptors (Lipinski definition) is 12. The number of nitrogens with zero attached hydrogens (tertiary/aromatic N) is 5. The Kier molecular flexibility index (Phi) is 18.8. The number of hydrogen-bond donors (Lipinski definition) is 4. The summed E-state index contributed by atoms with van der Waals surface area (Å²) in [4.78, 5) is 18.7. The van der Waals surface area contributed by atoms with Crippen LogP contribution >= 0.6 is 7.82 Å². The Morgan fingerprint density at radius 1 is 1.04 bits per heavy atom. The van der Waals surface area contributed by atoms with Gasteiger partial charge in [0, 0.05) is 13.3 Å². The number of aliphatic hydroxyl groups excluding tert-OH is 2. The van der Waals surface area contributed by atoms with Crippen molar-refractivity contribution >= 4 is 25.4 Å². The van der Waals surface area contributed by atoms with Gasteiger partial charge in [-0.3, -0.25) is 14.0 Å². The first-order valence-corrected chi connectivity index (χ1v) is 21.5. The van der Waals surface area contributed by atoms with E-state index in [9.17, 15) is 29.3 Å². The van der Waals surface area contributed by atoms with Crippen LogP contribution in [0.25, 0.3) is 5.52 Å². The minimum atomic E-state index is -4.79. The van der Waals surface area contributed by atoms with Crippen LogP contribution in [0.15, 0.2) is 41.7 Å². The van der Waals surface area contributed by atoms with Crippen LogP contribution in [-0.2, 0) is 29.7 Å². The highest BCUT2D eigenvalue weighted by molar-refractivity contribution is 7.47. The quantitative estimate of drug-likeness (QED) is 0.0335. The molecule has 0 bridgehead atoms. The molecule has 14 nitrogen and oxygen atoms in total. The van der Waals surface area contributed by atoms with Gasteiger partial charge in [0.2, 0.25) is 0 Å². The molecule has 3 aromatic rings. The van der Waals surface area contributed by atoms with Crippen molar-refractivity contribution in [1.82, 2.24) is 14.6 Å². The lowest BCUT2D eigenvalue weighted by Gasteiger charge is -2.28. The van der Waals surface area contributed by atoms with Gasteiger partial charge in [-0.25, -0.2) is 18.5 Å². The van der Waals surface area contributed by atoms with Crippen molar-refractivity contribution in [2.75, 3.05) is 26.0 Å². The maximum Gasteiger partial charge on any atom is 0.472 e. The van der Waals surface area contributed by atoms with Gasteiger partial charge in [0.25, 0.3) is 0 Å². The molecular formula is C40H60FN6O8P. The largest absolute Gasteiger partial charge is 0.472 e. The molecule has 1 aromatic carbocycles. The number of rotatable bonds is 27. The molecule has 1 aliphatic heterocycles. The summed E-state index contributed by atoms with van der Waals surface area (Å²) in [6.07, 6.45) is 16.3. The van der Waals surface area contributed by atoms with Crippen molar-refractivity contribution in [3.05, 3.63) is 59.3 Å². The molecule has 16 heteroatoms. The van der Waals surface area contributed by atoms with Gasteiger partial charge in [-0.1, -0.05) is 103 Å². The van der Waals surface area contributed by atoms with Crippen molar-refractivity contribution in [1.29, 1.82) is 5.26 Å². The maximum absolute atomic E-state index is 14.1. The van der Waals surface area contributed by atoms with Gasteiger partial charge in [0.1, 0.15) is 36.0 Å². The van der Waals surface area contributed by atoms with Crippen molar-refractivity contribution in [3.63, 3.8) is 0 Å². The monoisotopic (exact) mass is 802 g/mol. The highest BCUT2D eigenvalue weighted by Crippen LogP contribution is 2.47. The summed E-state index contributed by atoms with van der Waals surface area (Å²) < 4.78 is 51.7. The van der Waals surface area contributed by atoms with Crippen LogP contribution in [0.3, 0.4) is 0 Å². The molecule has 3 heterocycles. The molecule has 6 atom stereocenters. The fraction of sp³-hybridized carbons (Fsp3) is 0.650. The van der Waals surface area contributed by atoms with Crippen molar-refractivity contribution in [3.8, 4) is 6.07 Å². The van der Waals surface area contributed by atoms with Crippen LogP contribution in [-0.4, -0.2) is 80.1 Å². The van der Waals surface area contributed by atoms with Gasteiger partial charge in [-0.15, -0.1) is 0 Å². The van der Waals surface area contributed by atoms with Crippen LogP contribution in [0.5, 0.6) is 0 Å². The molecule has 4 rings (SSSR count). The van der Waals surface area contributed by atoms with E-state index in [0.717, 1.165) is 31.7 Å². The van der Waals surface area contributed by atoms with E-state index in [1.54, 1.807) is 12.1 Å². The van der Waals surface area contributed by atoms with E-state index in [4.69, 9.17) is 24.3 Å². The summed E-state index contributed by atoms with van der Waals surface area (Å²) in [7, 11) is -3.37. The summed E-state index contributed by atoms with van der Waals surface area (Å²) in [5, 5.41) is 35.6. The van der Waals surface area contributed by atoms with Crippen LogP contribution in [0, 0.1) is 17.1 Å². The van der Waals surface area contributed by atoms with Gasteiger partial charge < -0.3 is 30.3 Å². The highest BCUT2D eigenvalue weighted by Gasteiger charge is 2.55. The molecule has 1 fully saturated rings. The Labute approximate surface area is 329 Å². The van der Waals surface area contributed by atoms with Crippen molar-refractivity contribution < 1.29 is 42.6 Å². The molecule has 1 aliphatic rings. The lowest BCUT2D eigenvalue weighted by molar-refractivity contribution is -0.0655. The van der Waals surface area contributed by atoms with Gasteiger partial charge in [0.15, 0.2) is 11.4 Å². The summed E-state index contributed by atoms with van der Waals surface area (Å²) in [6.45, 7) is 1.18. The number of ether oxygens (including phenoxy) is 2. The average molecular weight is 803 g/mol. The number of aromatic nitrogens is 3. The number of benzene rings is 1. The van der Waals surface area contributed by atoms with Gasteiger partial charge >= 0.3 is 7.82 Å². The Hall–Kier alpha value is -3.32. The van der Waals surface area contributed by atoms with E-state index in [-0.39, 0.29) is 24.6 Å². The second kappa shape index (κ2) is 23.2. The van der Waals surface area contributed by atoms with Gasteiger partial charge in [-0.05, 0) is 42.3 Å². The van der Waals surface area contributed by atoms with Crippen LogP contribution in [0.2, 0.25) is 0 Å².